The molecule has 0 amide bonds. The van der Waals surface area contributed by atoms with Crippen LogP contribution in [0.4, 0.5) is 0 Å². The van der Waals surface area contributed by atoms with Gasteiger partial charge in [-0.1, -0.05) is 44.2 Å². The molecule has 2 rings (SSSR count). The highest BCUT2D eigenvalue weighted by atomic mass is 16.5. The number of rotatable bonds is 5. The minimum absolute atomic E-state index is 0.365. The molecule has 2 aromatic rings. The van der Waals surface area contributed by atoms with Gasteiger partial charge in [-0.05, 0) is 11.5 Å². The Hall–Kier alpha value is -2.03. The Morgan fingerprint density at radius 1 is 1.16 bits per heavy atom. The minimum atomic E-state index is 0.365. The van der Waals surface area contributed by atoms with Crippen molar-refractivity contribution in [1.29, 1.82) is 0 Å². The lowest BCUT2D eigenvalue weighted by molar-refractivity contribution is 0.297. The molecule has 0 unspecified atom stereocenters. The summed E-state index contributed by atoms with van der Waals surface area (Å²) in [4.78, 5) is 4.23. The second-order valence-electron chi connectivity index (χ2n) is 4.69. The standard InChI is InChI=1S/C16H19NO2/c1-12(2)14-10-17-16(18-3)9-15(14)19-11-13-7-5-4-6-8-13/h4-10,12H,11H2,1-3H3. The highest BCUT2D eigenvalue weighted by Gasteiger charge is 2.10. The lowest BCUT2D eigenvalue weighted by Gasteiger charge is -2.14. The van der Waals surface area contributed by atoms with E-state index in [1.165, 1.54) is 0 Å². The molecule has 0 spiro atoms. The maximum Gasteiger partial charge on any atom is 0.216 e. The summed E-state index contributed by atoms with van der Waals surface area (Å²) in [6.07, 6.45) is 1.82. The number of ether oxygens (including phenoxy) is 2. The van der Waals surface area contributed by atoms with Crippen molar-refractivity contribution >= 4 is 0 Å². The van der Waals surface area contributed by atoms with E-state index in [0.717, 1.165) is 16.9 Å². The summed E-state index contributed by atoms with van der Waals surface area (Å²) < 4.78 is 11.1. The summed E-state index contributed by atoms with van der Waals surface area (Å²) in [6.45, 7) is 4.80. The monoisotopic (exact) mass is 257 g/mol. The molecule has 1 heterocycles. The van der Waals surface area contributed by atoms with Crippen molar-refractivity contribution in [2.45, 2.75) is 26.4 Å². The third kappa shape index (κ3) is 3.47. The predicted molar refractivity (Wildman–Crippen MR) is 75.7 cm³/mol. The summed E-state index contributed by atoms with van der Waals surface area (Å²) in [5.41, 5.74) is 2.24. The van der Waals surface area contributed by atoms with Crippen LogP contribution >= 0.6 is 0 Å². The molecule has 0 atom stereocenters. The molecule has 0 aliphatic heterocycles. The maximum absolute atomic E-state index is 5.91. The van der Waals surface area contributed by atoms with Crippen LogP contribution in [0.25, 0.3) is 0 Å². The molecule has 0 radical (unpaired) electrons. The number of hydrogen-bond acceptors (Lipinski definition) is 3. The molecule has 0 aliphatic carbocycles. The van der Waals surface area contributed by atoms with Crippen LogP contribution in [0, 0.1) is 0 Å². The Bertz CT molecular complexity index is 524. The third-order valence-corrected chi connectivity index (χ3v) is 2.94. The van der Waals surface area contributed by atoms with Crippen molar-refractivity contribution in [2.75, 3.05) is 7.11 Å². The van der Waals surface area contributed by atoms with Crippen LogP contribution in [0.5, 0.6) is 11.6 Å². The average molecular weight is 257 g/mol. The van der Waals surface area contributed by atoms with Gasteiger partial charge in [-0.2, -0.15) is 0 Å². The van der Waals surface area contributed by atoms with Gasteiger partial charge >= 0.3 is 0 Å². The predicted octanol–water partition coefficient (Wildman–Crippen LogP) is 3.79. The highest BCUT2D eigenvalue weighted by molar-refractivity contribution is 5.37. The van der Waals surface area contributed by atoms with Gasteiger partial charge in [-0.3, -0.25) is 0 Å². The number of benzene rings is 1. The summed E-state index contributed by atoms with van der Waals surface area (Å²) in [6, 6.07) is 12.0. The number of methoxy groups -OCH3 is 1. The van der Waals surface area contributed by atoms with E-state index in [2.05, 4.69) is 18.8 Å². The first kappa shape index (κ1) is 13.4. The lowest BCUT2D eigenvalue weighted by Crippen LogP contribution is -2.01. The topological polar surface area (TPSA) is 31.4 Å². The molecule has 0 saturated heterocycles. The van der Waals surface area contributed by atoms with Crippen molar-refractivity contribution in [1.82, 2.24) is 4.98 Å². The zero-order chi connectivity index (χ0) is 13.7. The van der Waals surface area contributed by atoms with Gasteiger partial charge in [0, 0.05) is 17.8 Å². The average Bonchev–Trinajstić information content (AvgIpc) is 2.45. The number of pyridine rings is 1. The van der Waals surface area contributed by atoms with Crippen molar-refractivity contribution in [2.24, 2.45) is 0 Å². The van der Waals surface area contributed by atoms with E-state index < -0.39 is 0 Å². The van der Waals surface area contributed by atoms with E-state index in [1.807, 2.05) is 42.6 Å². The van der Waals surface area contributed by atoms with Crippen LogP contribution in [0.3, 0.4) is 0 Å². The van der Waals surface area contributed by atoms with Gasteiger partial charge in [0.05, 0.1) is 7.11 Å². The second-order valence-corrected chi connectivity index (χ2v) is 4.69. The Morgan fingerprint density at radius 2 is 1.89 bits per heavy atom. The maximum atomic E-state index is 5.91. The van der Waals surface area contributed by atoms with Crippen molar-refractivity contribution in [3.05, 3.63) is 53.7 Å². The SMILES string of the molecule is COc1cc(OCc2ccccc2)c(C(C)C)cn1. The summed E-state index contributed by atoms with van der Waals surface area (Å²) in [5, 5.41) is 0. The smallest absolute Gasteiger partial charge is 0.216 e. The van der Waals surface area contributed by atoms with Crippen LogP contribution in [-0.4, -0.2) is 12.1 Å². The van der Waals surface area contributed by atoms with Gasteiger partial charge in [-0.25, -0.2) is 4.98 Å². The fourth-order valence-corrected chi connectivity index (χ4v) is 1.84. The minimum Gasteiger partial charge on any atom is -0.488 e. The summed E-state index contributed by atoms with van der Waals surface area (Å²) in [5.74, 6) is 1.78. The third-order valence-electron chi connectivity index (χ3n) is 2.94. The number of nitrogens with zero attached hydrogens (tertiary/aromatic N) is 1. The molecule has 0 fully saturated rings. The summed E-state index contributed by atoms with van der Waals surface area (Å²) in [7, 11) is 1.61. The molecule has 1 aromatic heterocycles. The van der Waals surface area contributed by atoms with Gasteiger partial charge < -0.3 is 9.47 Å². The molecule has 0 aliphatic rings. The Labute approximate surface area is 114 Å². The normalized spacial score (nSPS) is 10.5. The van der Waals surface area contributed by atoms with Gasteiger partial charge in [0.1, 0.15) is 12.4 Å². The Balaban J connectivity index is 2.18. The van der Waals surface area contributed by atoms with Crippen molar-refractivity contribution < 1.29 is 9.47 Å². The van der Waals surface area contributed by atoms with E-state index in [-0.39, 0.29) is 0 Å². The molecule has 3 heteroatoms. The molecule has 19 heavy (non-hydrogen) atoms. The van der Waals surface area contributed by atoms with Gasteiger partial charge in [-0.15, -0.1) is 0 Å². The number of hydrogen-bond donors (Lipinski definition) is 0. The summed E-state index contributed by atoms with van der Waals surface area (Å²) >= 11 is 0. The van der Waals surface area contributed by atoms with E-state index in [0.29, 0.717) is 18.4 Å². The zero-order valence-corrected chi connectivity index (χ0v) is 11.6. The van der Waals surface area contributed by atoms with Gasteiger partial charge in [0.2, 0.25) is 5.88 Å². The van der Waals surface area contributed by atoms with E-state index in [4.69, 9.17) is 9.47 Å². The molecular formula is C16H19NO2. The first-order valence-corrected chi connectivity index (χ1v) is 6.41. The molecule has 3 nitrogen and oxygen atoms in total. The highest BCUT2D eigenvalue weighted by Crippen LogP contribution is 2.29. The van der Waals surface area contributed by atoms with Crippen LogP contribution in [0.15, 0.2) is 42.6 Å². The molecule has 0 bridgehead atoms. The van der Waals surface area contributed by atoms with Crippen molar-refractivity contribution in [3.63, 3.8) is 0 Å². The van der Waals surface area contributed by atoms with Crippen LogP contribution < -0.4 is 9.47 Å². The lowest BCUT2D eigenvalue weighted by atomic mass is 10.0. The Morgan fingerprint density at radius 3 is 2.53 bits per heavy atom. The van der Waals surface area contributed by atoms with Crippen LogP contribution in [-0.2, 0) is 6.61 Å². The van der Waals surface area contributed by atoms with Gasteiger partial charge in [0.15, 0.2) is 0 Å². The molecule has 1 aromatic carbocycles. The first-order chi connectivity index (χ1) is 9.20. The molecule has 0 N–H and O–H groups in total. The zero-order valence-electron chi connectivity index (χ0n) is 11.6. The van der Waals surface area contributed by atoms with Crippen LogP contribution in [0.2, 0.25) is 0 Å². The molecular weight excluding hydrogens is 238 g/mol. The van der Waals surface area contributed by atoms with E-state index >= 15 is 0 Å². The largest absolute Gasteiger partial charge is 0.488 e. The Kier molecular flexibility index (Phi) is 4.39. The van der Waals surface area contributed by atoms with Crippen molar-refractivity contribution in [3.8, 4) is 11.6 Å². The fraction of sp³-hybridized carbons (Fsp3) is 0.312. The first-order valence-electron chi connectivity index (χ1n) is 6.41. The fourth-order valence-electron chi connectivity index (χ4n) is 1.84. The number of aromatic nitrogens is 1. The second kappa shape index (κ2) is 6.23. The van der Waals surface area contributed by atoms with Gasteiger partial charge in [0.25, 0.3) is 0 Å². The molecule has 100 valence electrons. The molecule has 0 saturated carbocycles. The van der Waals surface area contributed by atoms with E-state index in [1.54, 1.807) is 7.11 Å². The van der Waals surface area contributed by atoms with E-state index in [9.17, 15) is 0 Å². The van der Waals surface area contributed by atoms with Crippen LogP contribution in [0.1, 0.15) is 30.9 Å². The quantitative estimate of drug-likeness (QED) is 0.816.